The van der Waals surface area contributed by atoms with Crippen molar-refractivity contribution in [2.45, 2.75) is 19.8 Å². The minimum Gasteiger partial charge on any atom is -0.481 e. The molecule has 0 aliphatic heterocycles. The van der Waals surface area contributed by atoms with Crippen LogP contribution in [0, 0.1) is 0 Å². The van der Waals surface area contributed by atoms with Crippen LogP contribution in [0.25, 0.3) is 0 Å². The number of amides is 1. The second-order valence-electron chi connectivity index (χ2n) is 3.91. The molecule has 6 nitrogen and oxygen atoms in total. The molecular formula is C13H15NO5. The van der Waals surface area contributed by atoms with Crippen LogP contribution in [-0.2, 0) is 14.4 Å². The molecule has 0 heterocycles. The van der Waals surface area contributed by atoms with Crippen LogP contribution in [0.3, 0.4) is 0 Å². The van der Waals surface area contributed by atoms with Gasteiger partial charge in [0.1, 0.15) is 0 Å². The van der Waals surface area contributed by atoms with Gasteiger partial charge in [-0.2, -0.15) is 0 Å². The molecule has 0 aromatic heterocycles. The van der Waals surface area contributed by atoms with Gasteiger partial charge in [0, 0.05) is 14.0 Å². The van der Waals surface area contributed by atoms with E-state index in [1.165, 1.54) is 11.8 Å². The lowest BCUT2D eigenvalue weighted by molar-refractivity contribution is -0.142. The first-order valence-electron chi connectivity index (χ1n) is 5.67. The van der Waals surface area contributed by atoms with Crippen molar-refractivity contribution >= 4 is 23.5 Å². The van der Waals surface area contributed by atoms with Crippen LogP contribution in [0.5, 0.6) is 5.75 Å². The van der Waals surface area contributed by atoms with Crippen molar-refractivity contribution < 1.29 is 24.2 Å². The molecule has 0 aliphatic carbocycles. The number of hydrogen-bond donors (Lipinski definition) is 1. The number of rotatable bonds is 5. The molecule has 1 aromatic rings. The number of anilines is 1. The summed E-state index contributed by atoms with van der Waals surface area (Å²) in [6.07, 6.45) is -0.503. The zero-order chi connectivity index (χ0) is 14.4. The third kappa shape index (κ3) is 4.42. The Morgan fingerprint density at radius 3 is 2.42 bits per heavy atom. The third-order valence-corrected chi connectivity index (χ3v) is 2.47. The maximum Gasteiger partial charge on any atom is 0.311 e. The number of esters is 1. The van der Waals surface area contributed by atoms with E-state index < -0.39 is 11.9 Å². The van der Waals surface area contributed by atoms with Crippen molar-refractivity contribution in [2.75, 3.05) is 11.9 Å². The summed E-state index contributed by atoms with van der Waals surface area (Å²) in [4.78, 5) is 34.5. The molecule has 0 spiro atoms. The van der Waals surface area contributed by atoms with Gasteiger partial charge in [-0.1, -0.05) is 12.1 Å². The van der Waals surface area contributed by atoms with Gasteiger partial charge in [-0.3, -0.25) is 14.4 Å². The quantitative estimate of drug-likeness (QED) is 0.643. The molecule has 1 amide bonds. The lowest BCUT2D eigenvalue weighted by atomic mass is 10.2. The smallest absolute Gasteiger partial charge is 0.311 e. The van der Waals surface area contributed by atoms with Crippen LogP contribution in [0.2, 0.25) is 0 Å². The number of nitrogens with zero attached hydrogens (tertiary/aromatic N) is 1. The Labute approximate surface area is 110 Å². The molecule has 102 valence electrons. The van der Waals surface area contributed by atoms with E-state index in [2.05, 4.69) is 0 Å². The van der Waals surface area contributed by atoms with Crippen LogP contribution in [-0.4, -0.2) is 30.0 Å². The van der Waals surface area contributed by atoms with Gasteiger partial charge in [0.15, 0.2) is 5.75 Å². The lowest BCUT2D eigenvalue weighted by Gasteiger charge is -2.18. The maximum atomic E-state index is 11.5. The highest BCUT2D eigenvalue weighted by Crippen LogP contribution is 2.27. The van der Waals surface area contributed by atoms with Gasteiger partial charge in [0.25, 0.3) is 0 Å². The number of carboxylic acids is 1. The van der Waals surface area contributed by atoms with Gasteiger partial charge in [-0.25, -0.2) is 0 Å². The van der Waals surface area contributed by atoms with Crippen molar-refractivity contribution in [1.29, 1.82) is 0 Å². The fraction of sp³-hybridized carbons (Fsp3) is 0.308. The Balaban J connectivity index is 2.81. The summed E-state index contributed by atoms with van der Waals surface area (Å²) in [7, 11) is 1.56. The molecule has 0 saturated heterocycles. The van der Waals surface area contributed by atoms with Crippen LogP contribution in [0.4, 0.5) is 5.69 Å². The minimum absolute atomic E-state index is 0.200. The number of hydrogen-bond acceptors (Lipinski definition) is 4. The molecule has 1 rings (SSSR count). The van der Waals surface area contributed by atoms with E-state index >= 15 is 0 Å². The van der Waals surface area contributed by atoms with E-state index in [0.717, 1.165) is 0 Å². The minimum atomic E-state index is -1.06. The predicted molar refractivity (Wildman–Crippen MR) is 68.0 cm³/mol. The fourth-order valence-corrected chi connectivity index (χ4v) is 1.37. The molecule has 0 aliphatic rings. The number of carbonyl (C=O) groups is 3. The number of aliphatic carboxylic acids is 1. The molecule has 1 aromatic carbocycles. The highest BCUT2D eigenvalue weighted by Gasteiger charge is 2.14. The van der Waals surface area contributed by atoms with E-state index in [1.807, 2.05) is 0 Å². The average molecular weight is 265 g/mol. The molecular weight excluding hydrogens is 250 g/mol. The molecule has 0 saturated carbocycles. The molecule has 0 radical (unpaired) electrons. The van der Waals surface area contributed by atoms with Crippen molar-refractivity contribution in [2.24, 2.45) is 0 Å². The second kappa shape index (κ2) is 6.53. The molecule has 0 fully saturated rings. The van der Waals surface area contributed by atoms with E-state index in [9.17, 15) is 14.4 Å². The summed E-state index contributed by atoms with van der Waals surface area (Å²) in [5.41, 5.74) is 0.457. The van der Waals surface area contributed by atoms with Crippen molar-refractivity contribution in [1.82, 2.24) is 0 Å². The van der Waals surface area contributed by atoms with Crippen LogP contribution in [0.1, 0.15) is 19.8 Å². The Hall–Kier alpha value is -2.37. The summed E-state index contributed by atoms with van der Waals surface area (Å²) in [5.74, 6) is -1.68. The number of para-hydroxylation sites is 2. The topological polar surface area (TPSA) is 83.9 Å². The first-order valence-corrected chi connectivity index (χ1v) is 5.67. The summed E-state index contributed by atoms with van der Waals surface area (Å²) >= 11 is 0. The fourth-order valence-electron chi connectivity index (χ4n) is 1.37. The molecule has 0 unspecified atom stereocenters. The normalized spacial score (nSPS) is 9.79. The highest BCUT2D eigenvalue weighted by molar-refractivity contribution is 5.93. The van der Waals surface area contributed by atoms with Crippen molar-refractivity contribution in [3.8, 4) is 5.75 Å². The highest BCUT2D eigenvalue weighted by atomic mass is 16.5. The molecule has 19 heavy (non-hydrogen) atoms. The standard InChI is InChI=1S/C13H15NO5/c1-9(15)14(2)10-5-3-4-6-11(10)19-13(18)8-7-12(16)17/h3-6H,7-8H2,1-2H3,(H,16,17). The molecule has 6 heteroatoms. The van der Waals surface area contributed by atoms with Crippen LogP contribution >= 0.6 is 0 Å². The van der Waals surface area contributed by atoms with Crippen LogP contribution in [0.15, 0.2) is 24.3 Å². The first kappa shape index (κ1) is 14.7. The number of carboxylic acid groups (broad SMARTS) is 1. The largest absolute Gasteiger partial charge is 0.481 e. The predicted octanol–water partition coefficient (Wildman–Crippen LogP) is 1.44. The van der Waals surface area contributed by atoms with Gasteiger partial charge in [-0.05, 0) is 12.1 Å². The van der Waals surface area contributed by atoms with Crippen molar-refractivity contribution in [3.05, 3.63) is 24.3 Å². The zero-order valence-corrected chi connectivity index (χ0v) is 10.8. The summed E-state index contributed by atoms with van der Waals surface area (Å²) in [6.45, 7) is 1.39. The second-order valence-corrected chi connectivity index (χ2v) is 3.91. The van der Waals surface area contributed by atoms with Crippen molar-refractivity contribution in [3.63, 3.8) is 0 Å². The van der Waals surface area contributed by atoms with Gasteiger partial charge < -0.3 is 14.7 Å². The van der Waals surface area contributed by atoms with Gasteiger partial charge in [-0.15, -0.1) is 0 Å². The lowest BCUT2D eigenvalue weighted by Crippen LogP contribution is -2.24. The van der Waals surface area contributed by atoms with Gasteiger partial charge >= 0.3 is 11.9 Å². The third-order valence-electron chi connectivity index (χ3n) is 2.47. The van der Waals surface area contributed by atoms with Gasteiger partial charge in [0.05, 0.1) is 18.5 Å². The van der Waals surface area contributed by atoms with Gasteiger partial charge in [0.2, 0.25) is 5.91 Å². The zero-order valence-electron chi connectivity index (χ0n) is 10.8. The van der Waals surface area contributed by atoms with E-state index in [4.69, 9.17) is 9.84 Å². The maximum absolute atomic E-state index is 11.5. The van der Waals surface area contributed by atoms with E-state index in [-0.39, 0.29) is 24.5 Å². The summed E-state index contributed by atoms with van der Waals surface area (Å²) in [6, 6.07) is 6.56. The number of benzene rings is 1. The Kier molecular flexibility index (Phi) is 5.05. The average Bonchev–Trinajstić information content (AvgIpc) is 2.36. The Morgan fingerprint density at radius 1 is 1.21 bits per heavy atom. The Morgan fingerprint density at radius 2 is 1.84 bits per heavy atom. The SMILES string of the molecule is CC(=O)N(C)c1ccccc1OC(=O)CCC(=O)O. The number of ether oxygens (including phenoxy) is 1. The molecule has 0 atom stereocenters. The van der Waals surface area contributed by atoms with E-state index in [0.29, 0.717) is 5.69 Å². The summed E-state index contributed by atoms with van der Waals surface area (Å²) in [5, 5.41) is 8.48. The van der Waals surface area contributed by atoms with E-state index in [1.54, 1.807) is 31.3 Å². The molecule has 0 bridgehead atoms. The Bertz CT molecular complexity index is 498. The summed E-state index contributed by atoms with van der Waals surface area (Å²) < 4.78 is 5.07. The van der Waals surface area contributed by atoms with Crippen LogP contribution < -0.4 is 9.64 Å². The number of carbonyl (C=O) groups excluding carboxylic acids is 2. The monoisotopic (exact) mass is 265 g/mol. The first-order chi connectivity index (χ1) is 8.91. The molecule has 1 N–H and O–H groups in total.